The van der Waals surface area contributed by atoms with Crippen LogP contribution in [-0.2, 0) is 15.9 Å². The topological polar surface area (TPSA) is 56.8 Å². The minimum absolute atomic E-state index is 0.0574. The van der Waals surface area contributed by atoms with Crippen LogP contribution in [0.3, 0.4) is 0 Å². The molecule has 0 saturated carbocycles. The second-order valence-corrected chi connectivity index (χ2v) is 8.05. The van der Waals surface area contributed by atoms with E-state index in [9.17, 15) is 4.79 Å². The van der Waals surface area contributed by atoms with Crippen molar-refractivity contribution in [3.63, 3.8) is 0 Å². The number of para-hydroxylation sites is 1. The predicted octanol–water partition coefficient (Wildman–Crippen LogP) is 4.01. The first-order valence-corrected chi connectivity index (χ1v) is 11.0. The fraction of sp³-hybridized carbons (Fsp3) is 0.480. The molecule has 1 fully saturated rings. The fourth-order valence-electron chi connectivity index (χ4n) is 5.07. The summed E-state index contributed by atoms with van der Waals surface area (Å²) in [5.74, 6) is 0.724. The molecular weight excluding hydrogens is 378 g/mol. The van der Waals surface area contributed by atoms with Gasteiger partial charge >= 0.3 is 0 Å². The second-order valence-electron chi connectivity index (χ2n) is 8.05. The molecule has 2 aliphatic heterocycles. The van der Waals surface area contributed by atoms with Crippen LogP contribution in [0.1, 0.15) is 42.6 Å². The maximum absolute atomic E-state index is 14.3. The Morgan fingerprint density at radius 1 is 0.967 bits per heavy atom. The molecule has 2 aromatic carbocycles. The van der Waals surface area contributed by atoms with Gasteiger partial charge in [0.25, 0.3) is 0 Å². The lowest BCUT2D eigenvalue weighted by Gasteiger charge is -2.56. The maximum Gasteiger partial charge on any atom is 0.182 e. The molecule has 1 N–H and O–H groups in total. The van der Waals surface area contributed by atoms with Crippen molar-refractivity contribution in [2.45, 2.75) is 45.0 Å². The number of ketones is 1. The van der Waals surface area contributed by atoms with Gasteiger partial charge in [0.1, 0.15) is 16.8 Å². The molecule has 1 unspecified atom stereocenters. The van der Waals surface area contributed by atoms with Crippen LogP contribution in [0.5, 0.6) is 5.75 Å². The van der Waals surface area contributed by atoms with Gasteiger partial charge in [-0.3, -0.25) is 4.79 Å². The molecule has 2 heterocycles. The molecule has 0 aliphatic carbocycles. The van der Waals surface area contributed by atoms with Crippen molar-refractivity contribution in [2.24, 2.45) is 5.41 Å². The molecule has 1 saturated heterocycles. The Hall–Kier alpha value is -2.21. The Bertz CT molecular complexity index is 856. The van der Waals surface area contributed by atoms with Gasteiger partial charge in [-0.15, -0.1) is 0 Å². The number of piperidine rings is 1. The quantitative estimate of drug-likeness (QED) is 0.700. The highest BCUT2D eigenvalue weighted by Crippen LogP contribution is 2.54. The summed E-state index contributed by atoms with van der Waals surface area (Å²) >= 11 is 0. The first-order valence-electron chi connectivity index (χ1n) is 11.0. The van der Waals surface area contributed by atoms with Crippen LogP contribution in [0.4, 0.5) is 0 Å². The van der Waals surface area contributed by atoms with Gasteiger partial charge in [-0.2, -0.15) is 0 Å². The Kier molecular flexibility index (Phi) is 6.23. The number of carbonyl (C=O) groups is 1. The third-order valence-electron chi connectivity index (χ3n) is 6.43. The van der Waals surface area contributed by atoms with Crippen molar-refractivity contribution in [1.29, 1.82) is 0 Å². The van der Waals surface area contributed by atoms with Gasteiger partial charge in [0.2, 0.25) is 0 Å². The third kappa shape index (κ3) is 3.45. The summed E-state index contributed by atoms with van der Waals surface area (Å²) in [7, 11) is 0. The van der Waals surface area contributed by atoms with E-state index in [-0.39, 0.29) is 5.78 Å². The molecule has 0 amide bonds. The van der Waals surface area contributed by atoms with E-state index in [1.54, 1.807) is 0 Å². The monoisotopic (exact) mass is 409 g/mol. The number of fused-ring (bicyclic) bond motifs is 1. The number of rotatable bonds is 7. The van der Waals surface area contributed by atoms with Crippen LogP contribution in [0.15, 0.2) is 54.6 Å². The van der Waals surface area contributed by atoms with Gasteiger partial charge in [0.15, 0.2) is 12.1 Å². The summed E-state index contributed by atoms with van der Waals surface area (Å²) < 4.78 is 19.1. The molecular formula is C25H31NO4. The van der Waals surface area contributed by atoms with E-state index in [0.29, 0.717) is 30.9 Å². The zero-order valence-corrected chi connectivity index (χ0v) is 17.9. The average Bonchev–Trinajstić information content (AvgIpc) is 2.78. The van der Waals surface area contributed by atoms with Crippen molar-refractivity contribution in [3.8, 4) is 5.75 Å². The molecule has 30 heavy (non-hydrogen) atoms. The highest BCUT2D eigenvalue weighted by Gasteiger charge is 2.66. The summed E-state index contributed by atoms with van der Waals surface area (Å²) in [5, 5.41) is 3.43. The molecule has 0 bridgehead atoms. The van der Waals surface area contributed by atoms with Crippen molar-refractivity contribution < 1.29 is 19.0 Å². The van der Waals surface area contributed by atoms with Gasteiger partial charge in [-0.1, -0.05) is 42.5 Å². The SMILES string of the molecule is CCOC(OCC)C1(Cc2ccccc2)C(=O)c2ccccc2OC12CCNCC2. The maximum atomic E-state index is 14.3. The van der Waals surface area contributed by atoms with Crippen LogP contribution >= 0.6 is 0 Å². The number of Topliss-reactive ketones (excluding diaryl/α,β-unsaturated/α-hetero) is 1. The summed E-state index contributed by atoms with van der Waals surface area (Å²) in [6, 6.07) is 17.7. The van der Waals surface area contributed by atoms with Crippen molar-refractivity contribution >= 4 is 5.78 Å². The molecule has 4 rings (SSSR count). The zero-order valence-electron chi connectivity index (χ0n) is 17.9. The number of ether oxygens (including phenoxy) is 3. The Balaban J connectivity index is 1.94. The first-order chi connectivity index (χ1) is 14.7. The number of carbonyl (C=O) groups excluding carboxylic acids is 1. The zero-order chi connectivity index (χ0) is 21.0. The first kappa shape index (κ1) is 21.0. The lowest BCUT2D eigenvalue weighted by molar-refractivity contribution is -0.239. The smallest absolute Gasteiger partial charge is 0.182 e. The van der Waals surface area contributed by atoms with E-state index in [0.717, 1.165) is 31.5 Å². The largest absolute Gasteiger partial charge is 0.485 e. The number of hydrogen-bond donors (Lipinski definition) is 1. The van der Waals surface area contributed by atoms with E-state index < -0.39 is 17.3 Å². The van der Waals surface area contributed by atoms with Gasteiger partial charge in [-0.25, -0.2) is 0 Å². The van der Waals surface area contributed by atoms with Crippen molar-refractivity contribution in [3.05, 3.63) is 65.7 Å². The van der Waals surface area contributed by atoms with Gasteiger partial charge in [0, 0.05) is 26.1 Å². The number of benzene rings is 2. The van der Waals surface area contributed by atoms with Crippen LogP contribution in [0.2, 0.25) is 0 Å². The average molecular weight is 410 g/mol. The standard InChI is InChI=1S/C25H31NO4/c1-3-28-23(29-4-2)25(18-19-10-6-5-7-11-19)22(27)20-12-8-9-13-21(20)30-24(25)14-16-26-17-15-24/h5-13,23,26H,3-4,14-18H2,1-2H3. The molecule has 1 atom stereocenters. The molecule has 5 heteroatoms. The molecule has 0 aromatic heterocycles. The van der Waals surface area contributed by atoms with Gasteiger partial charge < -0.3 is 19.5 Å². The molecule has 1 spiro atoms. The van der Waals surface area contributed by atoms with Crippen LogP contribution in [-0.4, -0.2) is 44.0 Å². The normalized spacial score (nSPS) is 22.7. The lowest BCUT2D eigenvalue weighted by Crippen LogP contribution is -2.69. The fourth-order valence-corrected chi connectivity index (χ4v) is 5.07. The number of nitrogens with one attached hydrogen (secondary N) is 1. The van der Waals surface area contributed by atoms with E-state index >= 15 is 0 Å². The highest BCUT2D eigenvalue weighted by molar-refractivity contribution is 6.05. The predicted molar refractivity (Wildman–Crippen MR) is 116 cm³/mol. The van der Waals surface area contributed by atoms with Crippen molar-refractivity contribution in [1.82, 2.24) is 5.32 Å². The minimum Gasteiger partial charge on any atom is -0.485 e. The second kappa shape index (κ2) is 8.88. The molecule has 0 radical (unpaired) electrons. The Morgan fingerprint density at radius 2 is 1.60 bits per heavy atom. The third-order valence-corrected chi connectivity index (χ3v) is 6.43. The highest BCUT2D eigenvalue weighted by atomic mass is 16.7. The van der Waals surface area contributed by atoms with Crippen LogP contribution in [0, 0.1) is 5.41 Å². The molecule has 160 valence electrons. The van der Waals surface area contributed by atoms with Gasteiger partial charge in [0.05, 0.1) is 5.56 Å². The minimum atomic E-state index is -0.975. The van der Waals surface area contributed by atoms with E-state index in [1.165, 1.54) is 0 Å². The van der Waals surface area contributed by atoms with Crippen LogP contribution < -0.4 is 10.1 Å². The summed E-state index contributed by atoms with van der Waals surface area (Å²) in [6.07, 6.45) is 1.25. The molecule has 2 aromatic rings. The Labute approximate surface area is 178 Å². The summed E-state index contributed by atoms with van der Waals surface area (Å²) in [6.45, 7) is 6.39. The van der Waals surface area contributed by atoms with Gasteiger partial charge in [-0.05, 0) is 51.1 Å². The van der Waals surface area contributed by atoms with E-state index in [2.05, 4.69) is 17.4 Å². The molecule has 2 aliphatic rings. The van der Waals surface area contributed by atoms with Crippen LogP contribution in [0.25, 0.3) is 0 Å². The lowest BCUT2D eigenvalue weighted by atomic mass is 9.58. The number of hydrogen-bond acceptors (Lipinski definition) is 5. The van der Waals surface area contributed by atoms with E-state index in [4.69, 9.17) is 14.2 Å². The summed E-state index contributed by atoms with van der Waals surface area (Å²) in [5.41, 5.74) is 0.0175. The Morgan fingerprint density at radius 3 is 2.27 bits per heavy atom. The van der Waals surface area contributed by atoms with E-state index in [1.807, 2.05) is 56.3 Å². The molecule has 5 nitrogen and oxygen atoms in total. The van der Waals surface area contributed by atoms with Crippen molar-refractivity contribution in [2.75, 3.05) is 26.3 Å². The summed E-state index contributed by atoms with van der Waals surface area (Å²) in [4.78, 5) is 14.3.